The number of carboxylic acid groups (broad SMARTS) is 1. The van der Waals surface area contributed by atoms with Crippen molar-refractivity contribution in [1.82, 2.24) is 15.1 Å². The minimum absolute atomic E-state index is 0.103. The van der Waals surface area contributed by atoms with E-state index in [0.717, 1.165) is 0 Å². The van der Waals surface area contributed by atoms with E-state index in [1.807, 2.05) is 11.8 Å². The lowest BCUT2D eigenvalue weighted by atomic mass is 9.84. The number of likely N-dealkylation sites (tertiary alicyclic amines) is 1. The molecule has 2 fully saturated rings. The van der Waals surface area contributed by atoms with Crippen molar-refractivity contribution in [3.63, 3.8) is 0 Å². The van der Waals surface area contributed by atoms with E-state index >= 15 is 0 Å². The molecule has 0 radical (unpaired) electrons. The fraction of sp³-hybridized carbons (Fsp3) is 0.448. The van der Waals surface area contributed by atoms with Crippen molar-refractivity contribution in [2.75, 3.05) is 25.0 Å². The summed E-state index contributed by atoms with van der Waals surface area (Å²) in [5, 5.41) is 11.7. The Hall–Kier alpha value is -4.16. The van der Waals surface area contributed by atoms with Gasteiger partial charge in [-0.2, -0.15) is 13.2 Å². The molecule has 0 unspecified atom stereocenters. The first kappa shape index (κ1) is 30.8. The molecule has 0 aliphatic carbocycles. The maximum Gasteiger partial charge on any atom is 0.416 e. The molecule has 0 bridgehead atoms. The Morgan fingerprint density at radius 1 is 1.05 bits per heavy atom. The van der Waals surface area contributed by atoms with E-state index in [0.29, 0.717) is 23.9 Å². The number of amides is 3. The van der Waals surface area contributed by atoms with Crippen LogP contribution in [0, 0.1) is 11.7 Å². The lowest BCUT2D eigenvalue weighted by Crippen LogP contribution is -2.60. The highest BCUT2D eigenvalue weighted by atomic mass is 19.4. The first-order valence-electron chi connectivity index (χ1n) is 13.4. The highest BCUT2D eigenvalue weighted by molar-refractivity contribution is 5.98. The van der Waals surface area contributed by atoms with Gasteiger partial charge in [0.05, 0.1) is 16.7 Å². The molecule has 1 spiro atoms. The predicted octanol–water partition coefficient (Wildman–Crippen LogP) is 3.98. The zero-order chi connectivity index (χ0) is 31.1. The maximum atomic E-state index is 14.3. The zero-order valence-corrected chi connectivity index (χ0v) is 23.5. The molecule has 2 heterocycles. The van der Waals surface area contributed by atoms with Gasteiger partial charge in [0.1, 0.15) is 23.6 Å². The molecular formula is C29H32F4N4O5. The number of carbonyl (C=O) groups is 4. The Kier molecular flexibility index (Phi) is 8.25. The number of carbonyl (C=O) groups excluding carboxylic acids is 3. The number of piperidine rings is 1. The van der Waals surface area contributed by atoms with Gasteiger partial charge in [-0.25, -0.2) is 9.18 Å². The van der Waals surface area contributed by atoms with Gasteiger partial charge in [-0.3, -0.25) is 14.4 Å². The van der Waals surface area contributed by atoms with Crippen LogP contribution >= 0.6 is 0 Å². The van der Waals surface area contributed by atoms with Crippen LogP contribution in [0.25, 0.3) is 0 Å². The van der Waals surface area contributed by atoms with Gasteiger partial charge in [0.25, 0.3) is 5.91 Å². The van der Waals surface area contributed by atoms with Crippen LogP contribution in [-0.2, 0) is 15.8 Å². The molecule has 226 valence electrons. The van der Waals surface area contributed by atoms with Gasteiger partial charge >= 0.3 is 12.1 Å². The van der Waals surface area contributed by atoms with Gasteiger partial charge in [0.2, 0.25) is 11.8 Å². The van der Waals surface area contributed by atoms with Crippen LogP contribution in [0.1, 0.15) is 59.9 Å². The van der Waals surface area contributed by atoms with E-state index < -0.39 is 58.4 Å². The quantitative estimate of drug-likeness (QED) is 0.492. The van der Waals surface area contributed by atoms with Crippen molar-refractivity contribution >= 4 is 29.4 Å². The topological polar surface area (TPSA) is 110 Å². The zero-order valence-electron chi connectivity index (χ0n) is 23.5. The number of benzene rings is 2. The van der Waals surface area contributed by atoms with Crippen molar-refractivity contribution in [3.8, 4) is 0 Å². The second-order valence-electron chi connectivity index (χ2n) is 11.0. The largest absolute Gasteiger partial charge is 0.478 e. The molecule has 2 N–H and O–H groups in total. The number of alkyl halides is 3. The lowest BCUT2D eigenvalue weighted by molar-refractivity contribution is -0.140. The molecular weight excluding hydrogens is 560 g/mol. The summed E-state index contributed by atoms with van der Waals surface area (Å²) in [6.07, 6.45) is -4.64. The fourth-order valence-electron chi connectivity index (χ4n) is 5.72. The van der Waals surface area contributed by atoms with Crippen LogP contribution in [0.5, 0.6) is 0 Å². The highest BCUT2D eigenvalue weighted by Crippen LogP contribution is 2.42. The summed E-state index contributed by atoms with van der Waals surface area (Å²) < 4.78 is 53.8. The minimum atomic E-state index is -4.78. The molecule has 2 aromatic rings. The molecule has 2 saturated heterocycles. The normalized spacial score (nSPS) is 19.4. The van der Waals surface area contributed by atoms with Crippen molar-refractivity contribution in [2.24, 2.45) is 5.92 Å². The van der Waals surface area contributed by atoms with E-state index in [1.54, 1.807) is 37.9 Å². The molecule has 0 saturated carbocycles. The highest BCUT2D eigenvalue weighted by Gasteiger charge is 2.56. The average Bonchev–Trinajstić information content (AvgIpc) is 3.11. The van der Waals surface area contributed by atoms with Gasteiger partial charge < -0.3 is 25.1 Å². The third kappa shape index (κ3) is 5.51. The van der Waals surface area contributed by atoms with Crippen molar-refractivity contribution < 1.29 is 41.8 Å². The van der Waals surface area contributed by atoms with Crippen LogP contribution in [-0.4, -0.2) is 76.5 Å². The lowest BCUT2D eigenvalue weighted by Gasteiger charge is -2.45. The number of nitrogens with one attached hydrogen (secondary N) is 1. The summed E-state index contributed by atoms with van der Waals surface area (Å²) in [4.78, 5) is 56.3. The summed E-state index contributed by atoms with van der Waals surface area (Å²) in [6, 6.07) is 6.56. The Balaban J connectivity index is 1.53. The molecule has 2 aliphatic rings. The van der Waals surface area contributed by atoms with Crippen LogP contribution in [0.15, 0.2) is 42.5 Å². The Bertz CT molecular complexity index is 1390. The minimum Gasteiger partial charge on any atom is -0.478 e. The van der Waals surface area contributed by atoms with Crippen LogP contribution in [0.3, 0.4) is 0 Å². The summed E-state index contributed by atoms with van der Waals surface area (Å²) >= 11 is 0. The average molecular weight is 593 g/mol. The number of aromatic carboxylic acids is 1. The van der Waals surface area contributed by atoms with E-state index in [9.17, 15) is 41.8 Å². The molecule has 13 heteroatoms. The third-order valence-electron chi connectivity index (χ3n) is 8.17. The number of likely N-dealkylation sites (N-methyl/N-ethyl adjacent to an activating group) is 1. The maximum absolute atomic E-state index is 14.3. The molecule has 4 rings (SSSR count). The summed E-state index contributed by atoms with van der Waals surface area (Å²) in [7, 11) is 1.68. The number of carboxylic acids is 1. The standard InChI is InChI=1S/C29H32F4N4O5/c1-16(2)23(34-24(38)21-15-19(29(31,32)33)7-10-22(21)30)25(39)36-13-11-28(12-14-36)27(42)35(4)17(3)37(28)20-8-5-18(6-9-20)26(40)41/h5-10,15-17,23H,11-14H2,1-4H3,(H,34,38)(H,40,41)/t17-,23-/m1/s1. The SMILES string of the molecule is CC(C)[C@@H](NC(=O)c1cc(C(F)(F)F)ccc1F)C(=O)N1CCC2(CC1)C(=O)N(C)[C@@H](C)N2c1ccc(C(=O)O)cc1. The first-order valence-corrected chi connectivity index (χ1v) is 13.4. The Morgan fingerprint density at radius 3 is 2.17 bits per heavy atom. The summed E-state index contributed by atoms with van der Waals surface area (Å²) in [5.74, 6) is -4.48. The Labute approximate surface area is 240 Å². The molecule has 42 heavy (non-hydrogen) atoms. The van der Waals surface area contributed by atoms with Gasteiger partial charge in [0, 0.05) is 25.8 Å². The molecule has 2 aliphatic heterocycles. The predicted molar refractivity (Wildman–Crippen MR) is 144 cm³/mol. The monoisotopic (exact) mass is 592 g/mol. The fourth-order valence-corrected chi connectivity index (χ4v) is 5.72. The van der Waals surface area contributed by atoms with Gasteiger partial charge in [-0.15, -0.1) is 0 Å². The van der Waals surface area contributed by atoms with Crippen LogP contribution in [0.4, 0.5) is 23.2 Å². The van der Waals surface area contributed by atoms with E-state index in [2.05, 4.69) is 5.32 Å². The molecule has 2 atom stereocenters. The summed E-state index contributed by atoms with van der Waals surface area (Å²) in [6.45, 7) is 5.44. The van der Waals surface area contributed by atoms with E-state index in [-0.39, 0.29) is 43.6 Å². The smallest absolute Gasteiger partial charge is 0.416 e. The van der Waals surface area contributed by atoms with E-state index in [4.69, 9.17) is 0 Å². The van der Waals surface area contributed by atoms with Crippen molar-refractivity contribution in [1.29, 1.82) is 0 Å². The first-order chi connectivity index (χ1) is 19.6. The van der Waals surface area contributed by atoms with Gasteiger partial charge in [-0.1, -0.05) is 13.8 Å². The summed E-state index contributed by atoms with van der Waals surface area (Å²) in [5.41, 5.74) is -2.25. The van der Waals surface area contributed by atoms with Crippen LogP contribution < -0.4 is 10.2 Å². The number of anilines is 1. The molecule has 0 aromatic heterocycles. The van der Waals surface area contributed by atoms with Crippen LogP contribution in [0.2, 0.25) is 0 Å². The third-order valence-corrected chi connectivity index (χ3v) is 8.17. The number of hydrogen-bond acceptors (Lipinski definition) is 5. The number of nitrogens with zero attached hydrogens (tertiary/aromatic N) is 3. The number of rotatable bonds is 6. The number of halogens is 4. The Morgan fingerprint density at radius 2 is 1.64 bits per heavy atom. The number of hydrogen-bond donors (Lipinski definition) is 2. The molecule has 2 aromatic carbocycles. The van der Waals surface area contributed by atoms with Crippen molar-refractivity contribution in [2.45, 2.75) is 57.5 Å². The second-order valence-corrected chi connectivity index (χ2v) is 11.0. The molecule has 3 amide bonds. The molecule has 9 nitrogen and oxygen atoms in total. The van der Waals surface area contributed by atoms with Crippen molar-refractivity contribution in [3.05, 3.63) is 65.0 Å². The second kappa shape index (κ2) is 11.3. The van der Waals surface area contributed by atoms with Gasteiger partial charge in [-0.05, 0) is 68.1 Å². The van der Waals surface area contributed by atoms with Gasteiger partial charge in [0.15, 0.2) is 0 Å². The van der Waals surface area contributed by atoms with E-state index in [1.165, 1.54) is 17.0 Å².